The molecule has 1 rings (SSSR count). The summed E-state index contributed by atoms with van der Waals surface area (Å²) >= 11 is 10.7. The van der Waals surface area contributed by atoms with E-state index in [0.29, 0.717) is 6.42 Å². The topological polar surface area (TPSA) is 49.1 Å². The first-order chi connectivity index (χ1) is 8.34. The highest BCUT2D eigenvalue weighted by Crippen LogP contribution is 2.23. The molecule has 18 heavy (non-hydrogen) atoms. The molecule has 1 heterocycles. The van der Waals surface area contributed by atoms with Crippen LogP contribution in [0, 0.1) is 11.3 Å². The zero-order valence-corrected chi connectivity index (χ0v) is 12.9. The van der Waals surface area contributed by atoms with Gasteiger partial charge in [-0.05, 0) is 25.5 Å². The molecule has 4 nitrogen and oxygen atoms in total. The molecule has 7 heteroatoms. The number of pyridine rings is 1. The van der Waals surface area contributed by atoms with Gasteiger partial charge in [-0.2, -0.15) is 5.26 Å². The van der Waals surface area contributed by atoms with Crippen LogP contribution in [0.1, 0.15) is 20.3 Å². The minimum atomic E-state index is -2.35. The van der Waals surface area contributed by atoms with E-state index in [1.165, 1.54) is 0 Å². The van der Waals surface area contributed by atoms with Crippen molar-refractivity contribution in [3.05, 3.63) is 24.5 Å². The molecule has 1 unspecified atom stereocenters. The molecule has 0 aliphatic carbocycles. The highest BCUT2D eigenvalue weighted by Gasteiger charge is 2.28. The molecule has 0 saturated carbocycles. The van der Waals surface area contributed by atoms with Gasteiger partial charge in [-0.3, -0.25) is 13.5 Å². The fourth-order valence-electron chi connectivity index (χ4n) is 1.13. The van der Waals surface area contributed by atoms with E-state index in [1.807, 2.05) is 6.92 Å². The van der Waals surface area contributed by atoms with Gasteiger partial charge in [-0.15, -0.1) is 0 Å². The standard InChI is InChI=1S/C11H15N3OS3/c1-4-11(2,9-12)15-18(16,17)14(3)10-5-7-13-8-6-10/h5-8H,4H2,1-3H3. The van der Waals surface area contributed by atoms with Crippen LogP contribution in [0.2, 0.25) is 0 Å². The van der Waals surface area contributed by atoms with Crippen molar-refractivity contribution in [1.82, 2.24) is 4.98 Å². The molecule has 0 N–H and O–H groups in total. The van der Waals surface area contributed by atoms with Gasteiger partial charge in [0.2, 0.25) is 0 Å². The molecule has 98 valence electrons. The first-order valence-corrected chi connectivity index (χ1v) is 8.72. The van der Waals surface area contributed by atoms with E-state index in [1.54, 1.807) is 42.8 Å². The maximum atomic E-state index is 9.12. The Balaban J connectivity index is 2.99. The molecule has 0 amide bonds. The molecule has 0 bridgehead atoms. The number of hydrogen-bond acceptors (Lipinski definition) is 5. The van der Waals surface area contributed by atoms with E-state index in [4.69, 9.17) is 31.8 Å². The van der Waals surface area contributed by atoms with Gasteiger partial charge in [-0.1, -0.05) is 6.92 Å². The van der Waals surface area contributed by atoms with Gasteiger partial charge in [0.1, 0.15) is 7.61 Å². The summed E-state index contributed by atoms with van der Waals surface area (Å²) in [4.78, 5) is 3.94. The summed E-state index contributed by atoms with van der Waals surface area (Å²) in [6, 6.07) is 5.73. The predicted octanol–water partition coefficient (Wildman–Crippen LogP) is 2.13. The zero-order chi connectivity index (χ0) is 13.8. The van der Waals surface area contributed by atoms with Crippen molar-refractivity contribution in [1.29, 1.82) is 5.26 Å². The minimum absolute atomic E-state index is 0.537. The van der Waals surface area contributed by atoms with E-state index in [9.17, 15) is 0 Å². The Morgan fingerprint density at radius 2 is 2.06 bits per heavy atom. The van der Waals surface area contributed by atoms with Crippen LogP contribution in [0.15, 0.2) is 24.5 Å². The van der Waals surface area contributed by atoms with Crippen LogP contribution >= 0.6 is 0 Å². The second-order valence-corrected chi connectivity index (χ2v) is 8.82. The molecule has 0 aromatic carbocycles. The quantitative estimate of drug-likeness (QED) is 0.830. The molecule has 1 aromatic rings. The Hall–Kier alpha value is -0.810. The summed E-state index contributed by atoms with van der Waals surface area (Å²) in [5.74, 6) is 0. The van der Waals surface area contributed by atoms with Gasteiger partial charge in [0.25, 0.3) is 0 Å². The van der Waals surface area contributed by atoms with Crippen LogP contribution in [0.4, 0.5) is 5.69 Å². The lowest BCUT2D eigenvalue weighted by molar-refractivity contribution is 0.174. The summed E-state index contributed by atoms with van der Waals surface area (Å²) in [6.45, 7) is 3.57. The van der Waals surface area contributed by atoms with Crippen molar-refractivity contribution in [3.8, 4) is 6.07 Å². The third-order valence-electron chi connectivity index (χ3n) is 2.56. The lowest BCUT2D eigenvalue weighted by atomic mass is 10.1. The third kappa shape index (κ3) is 3.59. The molecule has 0 saturated heterocycles. The monoisotopic (exact) mass is 301 g/mol. The first-order valence-electron chi connectivity index (χ1n) is 5.35. The molecular formula is C11H15N3OS3. The van der Waals surface area contributed by atoms with Crippen molar-refractivity contribution < 1.29 is 4.18 Å². The summed E-state index contributed by atoms with van der Waals surface area (Å²) < 4.78 is 7.41. The highest BCUT2D eigenvalue weighted by molar-refractivity contribution is 8.54. The Kier molecular flexibility index (Phi) is 4.99. The average Bonchev–Trinajstić information content (AvgIpc) is 2.38. The fourth-order valence-corrected chi connectivity index (χ4v) is 3.66. The maximum Gasteiger partial charge on any atom is 0.167 e. The lowest BCUT2D eigenvalue weighted by Gasteiger charge is -2.30. The van der Waals surface area contributed by atoms with Crippen LogP contribution in [0.5, 0.6) is 0 Å². The van der Waals surface area contributed by atoms with Crippen molar-refractivity contribution >= 4 is 35.7 Å². The Morgan fingerprint density at radius 3 is 2.50 bits per heavy atom. The molecule has 0 aliphatic heterocycles. The number of aromatic nitrogens is 1. The number of nitrogens with zero attached hydrogens (tertiary/aromatic N) is 3. The van der Waals surface area contributed by atoms with Crippen molar-refractivity contribution in [3.63, 3.8) is 0 Å². The molecule has 1 aromatic heterocycles. The van der Waals surface area contributed by atoms with Crippen molar-refractivity contribution in [2.24, 2.45) is 0 Å². The Bertz CT molecular complexity index is 538. The number of hydrogen-bond donors (Lipinski definition) is 0. The smallest absolute Gasteiger partial charge is 0.167 e. The highest BCUT2D eigenvalue weighted by atomic mass is 33.1. The van der Waals surface area contributed by atoms with Crippen molar-refractivity contribution in [2.45, 2.75) is 25.9 Å². The number of nitriles is 1. The Labute approximate surface area is 118 Å². The van der Waals surface area contributed by atoms with E-state index in [2.05, 4.69) is 11.1 Å². The average molecular weight is 301 g/mol. The lowest BCUT2D eigenvalue weighted by Crippen LogP contribution is -2.36. The van der Waals surface area contributed by atoms with E-state index in [-0.39, 0.29) is 0 Å². The minimum Gasteiger partial charge on any atom is -0.294 e. The summed E-state index contributed by atoms with van der Waals surface area (Å²) in [5, 5.41) is 9.12. The predicted molar refractivity (Wildman–Crippen MR) is 80.1 cm³/mol. The third-order valence-corrected chi connectivity index (χ3v) is 5.77. The Morgan fingerprint density at radius 1 is 1.50 bits per heavy atom. The second kappa shape index (κ2) is 5.89. The van der Waals surface area contributed by atoms with Crippen LogP contribution in [0.3, 0.4) is 0 Å². The van der Waals surface area contributed by atoms with Gasteiger partial charge in [-0.25, -0.2) is 0 Å². The molecule has 0 fully saturated rings. The van der Waals surface area contributed by atoms with Gasteiger partial charge < -0.3 is 0 Å². The zero-order valence-electron chi connectivity index (χ0n) is 10.5. The van der Waals surface area contributed by atoms with Gasteiger partial charge in [0, 0.05) is 41.8 Å². The van der Waals surface area contributed by atoms with E-state index < -0.39 is 13.2 Å². The van der Waals surface area contributed by atoms with Crippen LogP contribution in [-0.4, -0.2) is 17.6 Å². The summed E-state index contributed by atoms with van der Waals surface area (Å²) in [7, 11) is -0.570. The summed E-state index contributed by atoms with van der Waals surface area (Å²) in [6.07, 6.45) is 3.86. The fraction of sp³-hybridized carbons (Fsp3) is 0.455. The van der Waals surface area contributed by atoms with E-state index >= 15 is 0 Å². The summed E-state index contributed by atoms with van der Waals surface area (Å²) in [5.41, 5.74) is -0.110. The van der Waals surface area contributed by atoms with Crippen molar-refractivity contribution in [2.75, 3.05) is 11.4 Å². The molecule has 0 spiro atoms. The van der Waals surface area contributed by atoms with E-state index in [0.717, 1.165) is 5.69 Å². The van der Waals surface area contributed by atoms with Crippen LogP contribution in [0.25, 0.3) is 0 Å². The second-order valence-electron chi connectivity index (χ2n) is 3.91. The van der Waals surface area contributed by atoms with Gasteiger partial charge in [0.15, 0.2) is 5.60 Å². The normalized spacial score (nSPS) is 14.6. The molecule has 1 atom stereocenters. The molecule has 0 aliphatic rings. The molecule has 0 radical (unpaired) electrons. The van der Waals surface area contributed by atoms with Gasteiger partial charge >= 0.3 is 0 Å². The van der Waals surface area contributed by atoms with Crippen LogP contribution in [-0.2, 0) is 34.2 Å². The molecular weight excluding hydrogens is 286 g/mol. The SMILES string of the molecule is CCC(C)(C#N)OS(=S)(=S)N(C)c1ccncc1. The largest absolute Gasteiger partial charge is 0.294 e. The van der Waals surface area contributed by atoms with Gasteiger partial charge in [0.05, 0.1) is 11.8 Å². The first kappa shape index (κ1) is 15.2. The maximum absolute atomic E-state index is 9.12. The number of anilines is 1. The number of rotatable bonds is 5. The van der Waals surface area contributed by atoms with Crippen LogP contribution < -0.4 is 4.31 Å².